The molecule has 0 aliphatic carbocycles. The third kappa shape index (κ3) is 4.53. The van der Waals surface area contributed by atoms with Gasteiger partial charge in [0.25, 0.3) is 5.78 Å². The zero-order chi connectivity index (χ0) is 26.1. The molecule has 5 rings (SSSR count). The fraction of sp³-hybridized carbons (Fsp3) is 0.179. The number of halogens is 1. The van der Waals surface area contributed by atoms with Crippen LogP contribution in [0.2, 0.25) is 0 Å². The van der Waals surface area contributed by atoms with E-state index in [4.69, 9.17) is 9.47 Å². The SMILES string of the molecule is CCOc1ccc(C2/C(=C(\O)c3cccc(OCC)c3)C(=O)C(=O)N2c2nc3ccc(F)cc3s2)cc1. The van der Waals surface area contributed by atoms with Gasteiger partial charge in [0.1, 0.15) is 23.1 Å². The first kappa shape index (κ1) is 24.5. The number of amides is 1. The maximum absolute atomic E-state index is 13.8. The minimum atomic E-state index is -0.961. The Balaban J connectivity index is 1.69. The normalized spacial score (nSPS) is 16.9. The van der Waals surface area contributed by atoms with Crippen LogP contribution in [0.3, 0.4) is 0 Å². The molecule has 1 saturated heterocycles. The number of aliphatic hydroxyl groups is 1. The number of fused-ring (bicyclic) bond motifs is 1. The number of nitrogens with zero attached hydrogens (tertiary/aromatic N) is 2. The Labute approximate surface area is 216 Å². The summed E-state index contributed by atoms with van der Waals surface area (Å²) in [4.78, 5) is 32.5. The number of Topliss-reactive ketones (excluding diaryl/α,β-unsaturated/α-hetero) is 1. The Morgan fingerprint density at radius 1 is 1.00 bits per heavy atom. The molecule has 9 heteroatoms. The van der Waals surface area contributed by atoms with E-state index < -0.39 is 23.5 Å². The van der Waals surface area contributed by atoms with Crippen LogP contribution in [0, 0.1) is 5.82 Å². The van der Waals surface area contributed by atoms with E-state index in [1.165, 1.54) is 23.1 Å². The number of rotatable bonds is 7. The second kappa shape index (κ2) is 10.0. The first-order valence-corrected chi connectivity index (χ1v) is 12.6. The van der Waals surface area contributed by atoms with Crippen LogP contribution in [0.15, 0.2) is 72.3 Å². The van der Waals surface area contributed by atoms with Crippen LogP contribution in [-0.4, -0.2) is 35.0 Å². The number of anilines is 1. The summed E-state index contributed by atoms with van der Waals surface area (Å²) in [5, 5.41) is 11.6. The number of ketones is 1. The number of carbonyl (C=O) groups is 2. The molecule has 1 atom stereocenters. The van der Waals surface area contributed by atoms with Crippen LogP contribution in [-0.2, 0) is 9.59 Å². The zero-order valence-electron chi connectivity index (χ0n) is 20.1. The van der Waals surface area contributed by atoms with Gasteiger partial charge in [0.05, 0.1) is 35.0 Å². The van der Waals surface area contributed by atoms with Gasteiger partial charge in [-0.05, 0) is 61.9 Å². The molecule has 0 radical (unpaired) electrons. The molecule has 1 unspecified atom stereocenters. The second-order valence-electron chi connectivity index (χ2n) is 8.24. The quantitative estimate of drug-likeness (QED) is 0.187. The fourth-order valence-electron chi connectivity index (χ4n) is 4.30. The van der Waals surface area contributed by atoms with Crippen LogP contribution in [0.5, 0.6) is 11.5 Å². The Hall–Kier alpha value is -4.24. The van der Waals surface area contributed by atoms with E-state index in [1.54, 1.807) is 48.5 Å². The lowest BCUT2D eigenvalue weighted by Crippen LogP contribution is -2.29. The van der Waals surface area contributed by atoms with Crippen molar-refractivity contribution in [3.05, 3.63) is 89.2 Å². The Morgan fingerprint density at radius 2 is 1.73 bits per heavy atom. The predicted octanol–water partition coefficient (Wildman–Crippen LogP) is 5.86. The first-order chi connectivity index (χ1) is 17.9. The van der Waals surface area contributed by atoms with Crippen LogP contribution in [0.25, 0.3) is 16.0 Å². The lowest BCUT2D eigenvalue weighted by atomic mass is 9.95. The number of thiazole rings is 1. The van der Waals surface area contributed by atoms with Crippen molar-refractivity contribution in [3.63, 3.8) is 0 Å². The first-order valence-electron chi connectivity index (χ1n) is 11.7. The maximum Gasteiger partial charge on any atom is 0.301 e. The Morgan fingerprint density at radius 3 is 2.46 bits per heavy atom. The number of carbonyl (C=O) groups excluding carboxylic acids is 2. The minimum Gasteiger partial charge on any atom is -0.507 e. The molecule has 1 aromatic heterocycles. The van der Waals surface area contributed by atoms with Gasteiger partial charge in [-0.15, -0.1) is 0 Å². The van der Waals surface area contributed by atoms with Crippen LogP contribution in [0.1, 0.15) is 31.0 Å². The molecular formula is C28H23FN2O5S. The number of hydrogen-bond donors (Lipinski definition) is 1. The third-order valence-corrected chi connectivity index (χ3v) is 6.93. The van der Waals surface area contributed by atoms with Crippen molar-refractivity contribution in [2.75, 3.05) is 18.1 Å². The molecule has 0 spiro atoms. The van der Waals surface area contributed by atoms with E-state index in [-0.39, 0.29) is 16.5 Å². The summed E-state index contributed by atoms with van der Waals surface area (Å²) in [6, 6.07) is 16.8. The molecule has 1 N–H and O–H groups in total. The van der Waals surface area contributed by atoms with Gasteiger partial charge in [-0.25, -0.2) is 9.37 Å². The highest BCUT2D eigenvalue weighted by atomic mass is 32.1. The van der Waals surface area contributed by atoms with Crippen molar-refractivity contribution in [2.24, 2.45) is 0 Å². The van der Waals surface area contributed by atoms with Crippen LogP contribution >= 0.6 is 11.3 Å². The summed E-state index contributed by atoms with van der Waals surface area (Å²) in [6.07, 6.45) is 0. The molecule has 0 saturated carbocycles. The van der Waals surface area contributed by atoms with Crippen molar-refractivity contribution in [1.29, 1.82) is 0 Å². The van der Waals surface area contributed by atoms with E-state index >= 15 is 0 Å². The number of benzene rings is 3. The van der Waals surface area contributed by atoms with Crippen molar-refractivity contribution >= 4 is 44.1 Å². The van der Waals surface area contributed by atoms with E-state index in [0.717, 1.165) is 11.3 Å². The zero-order valence-corrected chi connectivity index (χ0v) is 20.9. The highest BCUT2D eigenvalue weighted by molar-refractivity contribution is 7.22. The number of aromatic nitrogens is 1. The fourth-order valence-corrected chi connectivity index (χ4v) is 5.32. The standard InChI is InChI=1S/C28H23FN2O5S/c1-3-35-19-11-8-16(9-12-19)24-23(25(32)17-6-5-7-20(14-17)36-4-2)26(33)27(34)31(24)28-30-21-13-10-18(29)15-22(21)37-28/h5-15,24,32H,3-4H2,1-2H3/b25-23+. The van der Waals surface area contributed by atoms with Crippen molar-refractivity contribution in [1.82, 2.24) is 4.98 Å². The highest BCUT2D eigenvalue weighted by Gasteiger charge is 2.48. The van der Waals surface area contributed by atoms with Gasteiger partial charge in [0, 0.05) is 5.56 Å². The van der Waals surface area contributed by atoms with Gasteiger partial charge in [-0.2, -0.15) is 0 Å². The molecule has 1 aliphatic rings. The molecular weight excluding hydrogens is 495 g/mol. The average molecular weight is 519 g/mol. The monoisotopic (exact) mass is 518 g/mol. The Bertz CT molecular complexity index is 1530. The summed E-state index contributed by atoms with van der Waals surface area (Å²) >= 11 is 1.10. The molecule has 188 valence electrons. The van der Waals surface area contributed by atoms with E-state index in [0.29, 0.717) is 46.1 Å². The molecule has 3 aromatic carbocycles. The summed E-state index contributed by atoms with van der Waals surface area (Å²) in [6.45, 7) is 4.62. The molecule has 37 heavy (non-hydrogen) atoms. The number of hydrogen-bond acceptors (Lipinski definition) is 7. The summed E-state index contributed by atoms with van der Waals surface area (Å²) in [7, 11) is 0. The number of ether oxygens (including phenoxy) is 2. The highest BCUT2D eigenvalue weighted by Crippen LogP contribution is 2.44. The smallest absolute Gasteiger partial charge is 0.301 e. The van der Waals surface area contributed by atoms with Crippen LogP contribution < -0.4 is 14.4 Å². The molecule has 1 amide bonds. The lowest BCUT2D eigenvalue weighted by Gasteiger charge is -2.23. The topological polar surface area (TPSA) is 89.0 Å². The van der Waals surface area contributed by atoms with E-state index in [2.05, 4.69) is 4.98 Å². The van der Waals surface area contributed by atoms with E-state index in [1.807, 2.05) is 13.8 Å². The Kier molecular flexibility index (Phi) is 6.62. The molecule has 0 bridgehead atoms. The molecule has 1 fully saturated rings. The van der Waals surface area contributed by atoms with Crippen molar-refractivity contribution in [3.8, 4) is 11.5 Å². The van der Waals surface area contributed by atoms with E-state index in [9.17, 15) is 19.1 Å². The van der Waals surface area contributed by atoms with Gasteiger partial charge in [-0.1, -0.05) is 35.6 Å². The van der Waals surface area contributed by atoms with Gasteiger partial charge < -0.3 is 14.6 Å². The van der Waals surface area contributed by atoms with Crippen molar-refractivity contribution < 1.29 is 28.6 Å². The largest absolute Gasteiger partial charge is 0.507 e. The van der Waals surface area contributed by atoms with Crippen LogP contribution in [0.4, 0.5) is 9.52 Å². The minimum absolute atomic E-state index is 0.0757. The second-order valence-corrected chi connectivity index (χ2v) is 9.25. The van der Waals surface area contributed by atoms with Gasteiger partial charge in [0.15, 0.2) is 5.13 Å². The molecule has 1 aliphatic heterocycles. The molecule has 7 nitrogen and oxygen atoms in total. The summed E-state index contributed by atoms with van der Waals surface area (Å²) in [5.74, 6) is -1.28. The van der Waals surface area contributed by atoms with Gasteiger partial charge >= 0.3 is 5.91 Å². The summed E-state index contributed by atoms with van der Waals surface area (Å²) < 4.78 is 25.4. The predicted molar refractivity (Wildman–Crippen MR) is 140 cm³/mol. The maximum atomic E-state index is 13.8. The lowest BCUT2D eigenvalue weighted by molar-refractivity contribution is -0.132. The molecule has 4 aromatic rings. The van der Waals surface area contributed by atoms with Crippen molar-refractivity contribution in [2.45, 2.75) is 19.9 Å². The van der Waals surface area contributed by atoms with Gasteiger partial charge in [0.2, 0.25) is 0 Å². The average Bonchev–Trinajstić information content (AvgIpc) is 3.42. The molecule has 2 heterocycles. The number of aliphatic hydroxyl groups excluding tert-OH is 1. The summed E-state index contributed by atoms with van der Waals surface area (Å²) in [5.41, 5.74) is 1.34. The third-order valence-electron chi connectivity index (χ3n) is 5.92. The van der Waals surface area contributed by atoms with Gasteiger partial charge in [-0.3, -0.25) is 14.5 Å².